The summed E-state index contributed by atoms with van der Waals surface area (Å²) in [6.07, 6.45) is 1.55. The largest absolute Gasteiger partial charge is 0.377 e. The van der Waals surface area contributed by atoms with Crippen LogP contribution in [0.25, 0.3) is 0 Å². The predicted octanol–water partition coefficient (Wildman–Crippen LogP) is 5.47. The van der Waals surface area contributed by atoms with Crippen molar-refractivity contribution in [3.05, 3.63) is 0 Å². The third-order valence-corrected chi connectivity index (χ3v) is 5.95. The van der Waals surface area contributed by atoms with Gasteiger partial charge < -0.3 is 4.74 Å². The number of alkyl halides is 2. The Labute approximate surface area is 148 Å². The van der Waals surface area contributed by atoms with E-state index in [1.807, 2.05) is 32.6 Å². The number of piperidine rings is 1. The van der Waals surface area contributed by atoms with Crippen LogP contribution in [-0.4, -0.2) is 43.2 Å². The average Bonchev–Trinajstić information content (AvgIpc) is 2.35. The lowest BCUT2D eigenvalue weighted by molar-refractivity contribution is -0.156. The zero-order valence-corrected chi connectivity index (χ0v) is 17.1. The van der Waals surface area contributed by atoms with Crippen molar-refractivity contribution in [2.45, 2.75) is 80.3 Å². The van der Waals surface area contributed by atoms with E-state index < -0.39 is 11.8 Å². The highest BCUT2D eigenvalue weighted by Gasteiger charge is 2.52. The van der Waals surface area contributed by atoms with Crippen molar-refractivity contribution in [3.8, 4) is 0 Å². The van der Waals surface area contributed by atoms with Crippen LogP contribution in [0.4, 0.5) is 8.78 Å². The van der Waals surface area contributed by atoms with Gasteiger partial charge >= 0.3 is 0 Å². The summed E-state index contributed by atoms with van der Waals surface area (Å²) in [5, 5.41) is 0. The fourth-order valence-electron chi connectivity index (χ4n) is 4.08. The van der Waals surface area contributed by atoms with Crippen molar-refractivity contribution in [1.82, 2.24) is 4.90 Å². The minimum absolute atomic E-state index is 0.0712. The van der Waals surface area contributed by atoms with Gasteiger partial charge in [0.05, 0.1) is 19.3 Å². The quantitative estimate of drug-likeness (QED) is 0.577. The molecule has 1 unspecified atom stereocenters. The minimum atomic E-state index is -2.63. The normalized spacial score (nSPS) is 23.2. The van der Waals surface area contributed by atoms with E-state index in [0.29, 0.717) is 25.5 Å². The molecule has 0 N–H and O–H groups in total. The van der Waals surface area contributed by atoms with Gasteiger partial charge in [0.2, 0.25) is 0 Å². The molecule has 1 saturated heterocycles. The van der Waals surface area contributed by atoms with Crippen LogP contribution < -0.4 is 0 Å². The minimum Gasteiger partial charge on any atom is -0.377 e. The Bertz CT molecular complexity index is 391. The molecule has 0 amide bonds. The molecule has 0 aromatic rings. The molecule has 0 aromatic heterocycles. The van der Waals surface area contributed by atoms with Crippen molar-refractivity contribution in [2.24, 2.45) is 22.7 Å². The number of hydrogen-bond donors (Lipinski definition) is 0. The molecule has 1 heterocycles. The first kappa shape index (κ1) is 21.8. The van der Waals surface area contributed by atoms with Gasteiger partial charge in [-0.3, -0.25) is 4.90 Å². The zero-order chi connectivity index (χ0) is 18.8. The van der Waals surface area contributed by atoms with Crippen LogP contribution in [0.5, 0.6) is 0 Å². The van der Waals surface area contributed by atoms with E-state index in [-0.39, 0.29) is 23.5 Å². The van der Waals surface area contributed by atoms with Crippen LogP contribution >= 0.6 is 0 Å². The molecule has 0 bridgehead atoms. The molecule has 1 rings (SSSR count). The van der Waals surface area contributed by atoms with Crippen molar-refractivity contribution < 1.29 is 13.5 Å². The van der Waals surface area contributed by atoms with E-state index in [0.717, 1.165) is 13.0 Å². The van der Waals surface area contributed by atoms with Gasteiger partial charge in [0.25, 0.3) is 5.92 Å². The third-order valence-electron chi connectivity index (χ3n) is 5.95. The Morgan fingerprint density at radius 3 is 2.17 bits per heavy atom. The van der Waals surface area contributed by atoms with Crippen molar-refractivity contribution >= 4 is 0 Å². The number of ether oxygens (including phenoxy) is 1. The van der Waals surface area contributed by atoms with E-state index >= 15 is 0 Å². The fourth-order valence-corrected chi connectivity index (χ4v) is 4.08. The van der Waals surface area contributed by atoms with Gasteiger partial charge in [0, 0.05) is 12.5 Å². The fraction of sp³-hybridized carbons (Fsp3) is 1.00. The summed E-state index contributed by atoms with van der Waals surface area (Å²) in [7, 11) is 0. The highest BCUT2D eigenvalue weighted by Crippen LogP contribution is 2.50. The molecule has 1 atom stereocenters. The molecule has 0 aromatic carbocycles. The molecule has 0 saturated carbocycles. The van der Waals surface area contributed by atoms with Crippen LogP contribution in [0.15, 0.2) is 0 Å². The molecule has 1 aliphatic rings. The van der Waals surface area contributed by atoms with Gasteiger partial charge in [-0.25, -0.2) is 8.78 Å². The summed E-state index contributed by atoms with van der Waals surface area (Å²) in [6, 6.07) is 0. The first-order valence-electron chi connectivity index (χ1n) is 9.50. The number of hydrogen-bond acceptors (Lipinski definition) is 2. The molecular weight excluding hydrogens is 308 g/mol. The van der Waals surface area contributed by atoms with E-state index in [1.54, 1.807) is 0 Å². The van der Waals surface area contributed by atoms with Crippen molar-refractivity contribution in [1.29, 1.82) is 0 Å². The van der Waals surface area contributed by atoms with Crippen LogP contribution in [-0.2, 0) is 4.74 Å². The maximum atomic E-state index is 14.9. The summed E-state index contributed by atoms with van der Waals surface area (Å²) in [5.74, 6) is -2.70. The maximum absolute atomic E-state index is 14.9. The number of rotatable bonds is 8. The summed E-state index contributed by atoms with van der Waals surface area (Å²) in [5.41, 5.74) is -0.292. The second kappa shape index (κ2) is 7.99. The highest BCUT2D eigenvalue weighted by molar-refractivity contribution is 4.96. The molecule has 0 spiro atoms. The van der Waals surface area contributed by atoms with Gasteiger partial charge in [0.15, 0.2) is 0 Å². The number of halogens is 2. The summed E-state index contributed by atoms with van der Waals surface area (Å²) in [4.78, 5) is 1.86. The van der Waals surface area contributed by atoms with Gasteiger partial charge in [-0.05, 0) is 50.0 Å². The molecule has 0 radical (unpaired) electrons. The van der Waals surface area contributed by atoms with Crippen LogP contribution in [0.1, 0.15) is 68.2 Å². The zero-order valence-electron chi connectivity index (χ0n) is 17.1. The Morgan fingerprint density at radius 2 is 1.71 bits per heavy atom. The second-order valence-electron chi connectivity index (χ2n) is 9.61. The van der Waals surface area contributed by atoms with Crippen LogP contribution in [0.3, 0.4) is 0 Å². The Balaban J connectivity index is 2.70. The van der Waals surface area contributed by atoms with Gasteiger partial charge in [-0.1, -0.05) is 41.5 Å². The van der Waals surface area contributed by atoms with Crippen LogP contribution in [0.2, 0.25) is 0 Å². The third kappa shape index (κ3) is 5.94. The lowest BCUT2D eigenvalue weighted by Crippen LogP contribution is -2.54. The SMILES string of the molecule is CC(C)OCCN1CCC(C(C)(C)CC(C)(C)C(C)C)C(F)(F)C1. The first-order valence-corrected chi connectivity index (χ1v) is 9.50. The predicted molar refractivity (Wildman–Crippen MR) is 97.6 cm³/mol. The smallest absolute Gasteiger partial charge is 0.263 e. The number of nitrogens with zero attached hydrogens (tertiary/aromatic N) is 1. The molecular formula is C20H39F2NO. The van der Waals surface area contributed by atoms with E-state index in [4.69, 9.17) is 4.74 Å². The topological polar surface area (TPSA) is 12.5 Å². The molecule has 1 aliphatic heterocycles. The Morgan fingerprint density at radius 1 is 1.12 bits per heavy atom. The standard InChI is InChI=1S/C20H39F2NO/c1-15(2)18(5,6)13-19(7,8)17-9-10-23(14-20(17,21)22)11-12-24-16(3)4/h15-17H,9-14H2,1-8H3. The van der Waals surface area contributed by atoms with Gasteiger partial charge in [0.1, 0.15) is 0 Å². The molecule has 2 nitrogen and oxygen atoms in total. The van der Waals surface area contributed by atoms with E-state index in [2.05, 4.69) is 27.7 Å². The second-order valence-corrected chi connectivity index (χ2v) is 9.61. The van der Waals surface area contributed by atoms with Gasteiger partial charge in [-0.2, -0.15) is 0 Å². The first-order chi connectivity index (χ1) is 10.8. The maximum Gasteiger partial charge on any atom is 0.263 e. The van der Waals surface area contributed by atoms with Crippen LogP contribution in [0, 0.1) is 22.7 Å². The molecule has 1 fully saturated rings. The monoisotopic (exact) mass is 347 g/mol. The Kier molecular flexibility index (Phi) is 7.26. The van der Waals surface area contributed by atoms with Crippen molar-refractivity contribution in [3.63, 3.8) is 0 Å². The molecule has 24 heavy (non-hydrogen) atoms. The number of likely N-dealkylation sites (tertiary alicyclic amines) is 1. The Hall–Kier alpha value is -0.220. The van der Waals surface area contributed by atoms with Gasteiger partial charge in [-0.15, -0.1) is 0 Å². The van der Waals surface area contributed by atoms with E-state index in [1.165, 1.54) is 0 Å². The molecule has 4 heteroatoms. The lowest BCUT2D eigenvalue weighted by atomic mass is 9.62. The summed E-state index contributed by atoms with van der Waals surface area (Å²) < 4.78 is 35.3. The summed E-state index contributed by atoms with van der Waals surface area (Å²) in [6.45, 7) is 18.5. The van der Waals surface area contributed by atoms with Crippen molar-refractivity contribution in [2.75, 3.05) is 26.2 Å². The van der Waals surface area contributed by atoms with E-state index in [9.17, 15) is 8.78 Å². The average molecular weight is 348 g/mol. The summed E-state index contributed by atoms with van der Waals surface area (Å²) >= 11 is 0. The molecule has 0 aliphatic carbocycles. The molecule has 144 valence electrons. The highest BCUT2D eigenvalue weighted by atomic mass is 19.3. The lowest BCUT2D eigenvalue weighted by Gasteiger charge is -2.48.